The molecule has 4 rings (SSSR count). The van der Waals surface area contributed by atoms with Gasteiger partial charge in [-0.05, 0) is 50.2 Å². The average molecular weight is 281 g/mol. The van der Waals surface area contributed by atoms with Crippen LogP contribution in [0, 0.1) is 37.0 Å². The van der Waals surface area contributed by atoms with E-state index in [1.807, 2.05) is 39.0 Å². The molecule has 0 spiro atoms. The van der Waals surface area contributed by atoms with E-state index in [9.17, 15) is 9.59 Å². The molecule has 0 unspecified atom stereocenters. The van der Waals surface area contributed by atoms with Crippen molar-refractivity contribution in [3.05, 3.63) is 41.5 Å². The number of benzene rings is 1. The van der Waals surface area contributed by atoms with E-state index in [2.05, 4.69) is 12.2 Å². The van der Waals surface area contributed by atoms with E-state index < -0.39 is 5.41 Å². The Morgan fingerprint density at radius 2 is 1.81 bits per heavy atom. The number of para-hydroxylation sites is 1. The third kappa shape index (κ3) is 1.34. The van der Waals surface area contributed by atoms with Gasteiger partial charge < -0.3 is 0 Å². The van der Waals surface area contributed by atoms with Gasteiger partial charge in [-0.15, -0.1) is 0 Å². The lowest BCUT2D eigenvalue weighted by molar-refractivity contribution is -0.127. The van der Waals surface area contributed by atoms with Crippen LogP contribution in [0.5, 0.6) is 0 Å². The first-order chi connectivity index (χ1) is 9.96. The summed E-state index contributed by atoms with van der Waals surface area (Å²) in [5.41, 5.74) is 2.23. The van der Waals surface area contributed by atoms with Gasteiger partial charge >= 0.3 is 0 Å². The molecule has 3 heteroatoms. The largest absolute Gasteiger partial charge is 0.274 e. The number of hydrogen-bond acceptors (Lipinski definition) is 2. The van der Waals surface area contributed by atoms with Crippen molar-refractivity contribution in [2.24, 2.45) is 23.2 Å². The van der Waals surface area contributed by atoms with Gasteiger partial charge in [0.05, 0.1) is 17.0 Å². The number of nitrogens with zero attached hydrogens (tertiary/aromatic N) is 1. The molecule has 1 aliphatic heterocycles. The Hall–Kier alpha value is -1.90. The number of anilines is 1. The molecule has 1 aromatic carbocycles. The van der Waals surface area contributed by atoms with Crippen molar-refractivity contribution < 1.29 is 9.59 Å². The van der Waals surface area contributed by atoms with Crippen LogP contribution in [0.3, 0.4) is 0 Å². The Morgan fingerprint density at radius 1 is 1.14 bits per heavy atom. The second-order valence-electron chi connectivity index (χ2n) is 6.87. The summed E-state index contributed by atoms with van der Waals surface area (Å²) in [6, 6.07) is 5.89. The number of aryl methyl sites for hydroxylation is 2. The zero-order valence-electron chi connectivity index (χ0n) is 12.6. The first-order valence-electron chi connectivity index (χ1n) is 7.59. The first kappa shape index (κ1) is 12.8. The summed E-state index contributed by atoms with van der Waals surface area (Å²) >= 11 is 0. The van der Waals surface area contributed by atoms with Gasteiger partial charge in [0.1, 0.15) is 0 Å². The number of rotatable bonds is 1. The fourth-order valence-corrected chi connectivity index (χ4v) is 4.68. The predicted octanol–water partition coefficient (Wildman–Crippen LogP) is 3.01. The molecule has 1 heterocycles. The van der Waals surface area contributed by atoms with Gasteiger partial charge in [0, 0.05) is 0 Å². The van der Waals surface area contributed by atoms with Gasteiger partial charge in [0.25, 0.3) is 0 Å². The molecular weight excluding hydrogens is 262 g/mol. The third-order valence-corrected chi connectivity index (χ3v) is 5.77. The third-order valence-electron chi connectivity index (χ3n) is 5.77. The number of fused-ring (bicyclic) bond motifs is 5. The average Bonchev–Trinajstić information content (AvgIpc) is 3.06. The molecule has 3 aliphatic rings. The van der Waals surface area contributed by atoms with Crippen molar-refractivity contribution in [2.45, 2.75) is 27.2 Å². The molecule has 4 atom stereocenters. The summed E-state index contributed by atoms with van der Waals surface area (Å²) in [5.74, 6) is 0.284. The van der Waals surface area contributed by atoms with E-state index in [-0.39, 0.29) is 29.6 Å². The van der Waals surface area contributed by atoms with Crippen LogP contribution in [0.25, 0.3) is 0 Å². The van der Waals surface area contributed by atoms with Crippen molar-refractivity contribution in [3.63, 3.8) is 0 Å². The summed E-state index contributed by atoms with van der Waals surface area (Å²) in [6.45, 7) is 5.91. The van der Waals surface area contributed by atoms with Crippen LogP contribution in [0.15, 0.2) is 30.4 Å². The van der Waals surface area contributed by atoms with E-state index in [0.717, 1.165) is 23.2 Å². The molecule has 2 amide bonds. The highest BCUT2D eigenvalue weighted by atomic mass is 16.2. The van der Waals surface area contributed by atoms with Crippen molar-refractivity contribution in [3.8, 4) is 0 Å². The Kier molecular flexibility index (Phi) is 2.35. The molecule has 2 aliphatic carbocycles. The van der Waals surface area contributed by atoms with Crippen LogP contribution < -0.4 is 4.90 Å². The van der Waals surface area contributed by atoms with Crippen LogP contribution in [0.2, 0.25) is 0 Å². The van der Waals surface area contributed by atoms with Gasteiger partial charge in [-0.1, -0.05) is 30.4 Å². The Morgan fingerprint density at radius 3 is 2.43 bits per heavy atom. The molecule has 1 saturated carbocycles. The number of imide groups is 1. The van der Waals surface area contributed by atoms with Gasteiger partial charge in [0.15, 0.2) is 0 Å². The van der Waals surface area contributed by atoms with Crippen molar-refractivity contribution >= 4 is 17.5 Å². The van der Waals surface area contributed by atoms with E-state index in [4.69, 9.17) is 0 Å². The van der Waals surface area contributed by atoms with Gasteiger partial charge in [0.2, 0.25) is 11.8 Å². The highest BCUT2D eigenvalue weighted by molar-refractivity contribution is 6.25. The van der Waals surface area contributed by atoms with E-state index in [1.54, 1.807) is 0 Å². The first-order valence-corrected chi connectivity index (χ1v) is 7.59. The van der Waals surface area contributed by atoms with E-state index in [0.29, 0.717) is 0 Å². The molecule has 2 fully saturated rings. The number of carbonyl (C=O) groups excluding carboxylic acids is 2. The van der Waals surface area contributed by atoms with Gasteiger partial charge in [-0.3, -0.25) is 9.59 Å². The lowest BCUT2D eigenvalue weighted by Gasteiger charge is -2.28. The topological polar surface area (TPSA) is 37.4 Å². The molecule has 0 aromatic heterocycles. The maximum absolute atomic E-state index is 13.1. The van der Waals surface area contributed by atoms with E-state index >= 15 is 0 Å². The lowest BCUT2D eigenvalue weighted by atomic mass is 9.71. The van der Waals surface area contributed by atoms with Crippen LogP contribution >= 0.6 is 0 Å². The zero-order valence-corrected chi connectivity index (χ0v) is 12.6. The smallest absolute Gasteiger partial charge is 0.241 e. The summed E-state index contributed by atoms with van der Waals surface area (Å²) in [5, 5.41) is 0. The Balaban J connectivity index is 1.87. The number of amides is 2. The fraction of sp³-hybridized carbons (Fsp3) is 0.444. The second-order valence-corrected chi connectivity index (χ2v) is 6.87. The number of allylic oxidation sites excluding steroid dienone is 2. The van der Waals surface area contributed by atoms with Crippen molar-refractivity contribution in [2.75, 3.05) is 4.90 Å². The Labute approximate surface area is 124 Å². The van der Waals surface area contributed by atoms with Gasteiger partial charge in [-0.25, -0.2) is 4.90 Å². The Bertz CT molecular complexity index is 685. The summed E-state index contributed by atoms with van der Waals surface area (Å²) in [4.78, 5) is 27.5. The molecule has 1 saturated heterocycles. The molecular formula is C18H19NO2. The predicted molar refractivity (Wildman–Crippen MR) is 80.7 cm³/mol. The quantitative estimate of drug-likeness (QED) is 0.586. The maximum Gasteiger partial charge on any atom is 0.241 e. The van der Waals surface area contributed by atoms with Crippen molar-refractivity contribution in [1.82, 2.24) is 0 Å². The normalized spacial score (nSPS) is 36.7. The van der Waals surface area contributed by atoms with Crippen molar-refractivity contribution in [1.29, 1.82) is 0 Å². The fourth-order valence-electron chi connectivity index (χ4n) is 4.68. The molecule has 2 bridgehead atoms. The number of carbonyl (C=O) groups is 2. The molecule has 0 radical (unpaired) electrons. The highest BCUT2D eigenvalue weighted by Crippen LogP contribution is 2.61. The standard InChI is InChI=1S/C18H19NO2/c1-10-5-4-6-11(2)15(10)19-16(20)14-12-7-8-13(9-12)18(14,3)17(19)21/h4-8,12-14H,9H2,1-3H3/t12-,13-,14+,18-/m0/s1. The second kappa shape index (κ2) is 3.85. The molecule has 0 N–H and O–H groups in total. The summed E-state index contributed by atoms with van der Waals surface area (Å²) < 4.78 is 0. The van der Waals surface area contributed by atoms with E-state index in [1.165, 1.54) is 4.90 Å². The monoisotopic (exact) mass is 281 g/mol. The lowest BCUT2D eigenvalue weighted by Crippen LogP contribution is -2.38. The maximum atomic E-state index is 13.1. The SMILES string of the molecule is Cc1cccc(C)c1N1C(=O)[C@H]2[C@H]3C=C[C@@H](C3)[C@]2(C)C1=O. The van der Waals surface area contributed by atoms with Crippen LogP contribution in [0.4, 0.5) is 5.69 Å². The highest BCUT2D eigenvalue weighted by Gasteiger charge is 2.67. The minimum atomic E-state index is -0.536. The number of hydrogen-bond donors (Lipinski definition) is 0. The van der Waals surface area contributed by atoms with Crippen LogP contribution in [-0.2, 0) is 9.59 Å². The molecule has 108 valence electrons. The summed E-state index contributed by atoms with van der Waals surface area (Å²) in [6.07, 6.45) is 5.23. The molecule has 21 heavy (non-hydrogen) atoms. The summed E-state index contributed by atoms with van der Waals surface area (Å²) in [7, 11) is 0. The molecule has 3 nitrogen and oxygen atoms in total. The zero-order chi connectivity index (χ0) is 14.9. The van der Waals surface area contributed by atoms with Crippen LogP contribution in [-0.4, -0.2) is 11.8 Å². The minimum absolute atomic E-state index is 0.00301. The van der Waals surface area contributed by atoms with Gasteiger partial charge in [-0.2, -0.15) is 0 Å². The molecule has 1 aromatic rings. The van der Waals surface area contributed by atoms with Crippen LogP contribution in [0.1, 0.15) is 24.5 Å². The minimum Gasteiger partial charge on any atom is -0.274 e.